The SMILES string of the molecule is c1cc2cc(c1)-c1nnn(n1)CCCCCCn1nnc(n1)-c1cccc(c1)-c1nnn(n1)CCCCCCn1nnc-2n1. The van der Waals surface area contributed by atoms with Crippen molar-refractivity contribution in [1.82, 2.24) is 80.8 Å². The van der Waals surface area contributed by atoms with E-state index in [0.29, 0.717) is 49.5 Å². The van der Waals surface area contributed by atoms with Gasteiger partial charge in [0.1, 0.15) is 0 Å². The third-order valence-electron chi connectivity index (χ3n) is 7.50. The van der Waals surface area contributed by atoms with Crippen LogP contribution in [0.2, 0.25) is 0 Å². The third-order valence-corrected chi connectivity index (χ3v) is 7.50. The van der Waals surface area contributed by atoms with Crippen molar-refractivity contribution in [2.45, 2.75) is 77.5 Å². The summed E-state index contributed by atoms with van der Waals surface area (Å²) in [6.45, 7) is 2.81. The molecule has 0 radical (unpaired) electrons. The van der Waals surface area contributed by atoms with Crippen molar-refractivity contribution >= 4 is 0 Å². The monoisotopic (exact) mass is 592 g/mol. The maximum atomic E-state index is 4.59. The van der Waals surface area contributed by atoms with Gasteiger partial charge in [0, 0.05) is 22.3 Å². The lowest BCUT2D eigenvalue weighted by atomic mass is 10.1. The summed E-state index contributed by atoms with van der Waals surface area (Å²) in [7, 11) is 0. The highest BCUT2D eigenvalue weighted by atomic mass is 15.6. The van der Waals surface area contributed by atoms with Gasteiger partial charge in [0.25, 0.3) is 0 Å². The van der Waals surface area contributed by atoms with Gasteiger partial charge in [-0.1, -0.05) is 62.1 Å². The Hall–Kier alpha value is -5.28. The second-order valence-electron chi connectivity index (χ2n) is 10.8. The van der Waals surface area contributed by atoms with Gasteiger partial charge in [-0.15, -0.1) is 40.8 Å². The topological polar surface area (TPSA) is 174 Å². The lowest BCUT2D eigenvalue weighted by molar-refractivity contribution is 0.449. The summed E-state index contributed by atoms with van der Waals surface area (Å²) in [5.74, 6) is 2.31. The van der Waals surface area contributed by atoms with E-state index in [1.807, 2.05) is 48.5 Å². The molecule has 0 spiro atoms. The van der Waals surface area contributed by atoms with Gasteiger partial charge in [0.2, 0.25) is 23.3 Å². The van der Waals surface area contributed by atoms with E-state index in [0.717, 1.165) is 73.6 Å². The summed E-state index contributed by atoms with van der Waals surface area (Å²) in [5.41, 5.74) is 3.46. The second-order valence-corrected chi connectivity index (χ2v) is 10.8. The third kappa shape index (κ3) is 6.53. The minimum absolute atomic E-state index is 0.579. The van der Waals surface area contributed by atoms with Crippen LogP contribution in [-0.2, 0) is 26.2 Å². The number of fused-ring (bicyclic) bond motifs is 16. The number of tetrazole rings is 4. The molecular formula is C28H32N16. The van der Waals surface area contributed by atoms with E-state index < -0.39 is 0 Å². The minimum Gasteiger partial charge on any atom is -0.164 e. The van der Waals surface area contributed by atoms with Crippen LogP contribution < -0.4 is 0 Å². The molecule has 16 nitrogen and oxygen atoms in total. The van der Waals surface area contributed by atoms with Crippen LogP contribution in [-0.4, -0.2) is 80.8 Å². The van der Waals surface area contributed by atoms with E-state index in [1.165, 1.54) is 0 Å². The molecule has 2 aromatic carbocycles. The van der Waals surface area contributed by atoms with Crippen LogP contribution in [0.4, 0.5) is 0 Å². The lowest BCUT2D eigenvalue weighted by Crippen LogP contribution is -2.04. The van der Waals surface area contributed by atoms with Gasteiger partial charge in [0.05, 0.1) is 26.2 Å². The largest absolute Gasteiger partial charge is 0.204 e. The predicted octanol–water partition coefficient (Wildman–Crippen LogP) is 3.14. The molecule has 0 atom stereocenters. The van der Waals surface area contributed by atoms with E-state index in [4.69, 9.17) is 0 Å². The van der Waals surface area contributed by atoms with Crippen LogP contribution in [0, 0.1) is 0 Å². The Kier molecular flexibility index (Phi) is 8.09. The Morgan fingerprint density at radius 2 is 0.636 bits per heavy atom. The second kappa shape index (κ2) is 12.9. The van der Waals surface area contributed by atoms with Crippen LogP contribution >= 0.6 is 0 Å². The standard InChI is InChI=1S/C28H32N16/c1-2-6-16-42-34-26(30-38-42)22-12-10-14-24(20-22)28-32-40-44(36-28)18-8-4-3-7-17-43-35-27(31-39-43)23-13-9-11-21(19-23)25-29-37-41(33-25)15-5-1/h9-14,19-20H,1-8,15-18H2. The van der Waals surface area contributed by atoms with Gasteiger partial charge in [-0.25, -0.2) is 0 Å². The number of hydrogen-bond donors (Lipinski definition) is 0. The van der Waals surface area contributed by atoms with Crippen molar-refractivity contribution in [3.8, 4) is 45.6 Å². The van der Waals surface area contributed by atoms with Crippen LogP contribution in [0.25, 0.3) is 45.6 Å². The minimum atomic E-state index is 0.579. The molecule has 44 heavy (non-hydrogen) atoms. The first-order chi connectivity index (χ1) is 21.8. The molecule has 5 heterocycles. The van der Waals surface area contributed by atoms with Crippen molar-refractivity contribution in [3.05, 3.63) is 48.5 Å². The molecule has 0 N–H and O–H groups in total. The zero-order chi connectivity index (χ0) is 29.6. The summed E-state index contributed by atoms with van der Waals surface area (Å²) in [5, 5.41) is 52.5. The van der Waals surface area contributed by atoms with Crippen molar-refractivity contribution in [1.29, 1.82) is 0 Å². The Balaban J connectivity index is 1.05. The summed E-state index contributed by atoms with van der Waals surface area (Å²) in [6.07, 6.45) is 7.93. The molecule has 0 amide bonds. The summed E-state index contributed by atoms with van der Waals surface area (Å²) in [6, 6.07) is 15.7. The van der Waals surface area contributed by atoms with Crippen LogP contribution in [0.15, 0.2) is 48.5 Å². The quantitative estimate of drug-likeness (QED) is 0.252. The van der Waals surface area contributed by atoms with Crippen LogP contribution in [0.5, 0.6) is 0 Å². The Morgan fingerprint density at radius 3 is 0.909 bits per heavy atom. The van der Waals surface area contributed by atoms with Gasteiger partial charge in [-0.2, -0.15) is 19.2 Å². The molecule has 1 aliphatic rings. The number of hydrogen-bond acceptors (Lipinski definition) is 12. The molecule has 12 bridgehead atoms. The molecule has 0 aliphatic carbocycles. The zero-order valence-electron chi connectivity index (χ0n) is 24.3. The van der Waals surface area contributed by atoms with Gasteiger partial charge >= 0.3 is 0 Å². The average molecular weight is 593 g/mol. The van der Waals surface area contributed by atoms with Crippen LogP contribution in [0.1, 0.15) is 51.4 Å². The summed E-state index contributed by atoms with van der Waals surface area (Å²) < 4.78 is 0. The molecule has 16 heteroatoms. The molecule has 0 saturated heterocycles. The first-order valence-corrected chi connectivity index (χ1v) is 15.1. The van der Waals surface area contributed by atoms with Crippen molar-refractivity contribution < 1.29 is 0 Å². The van der Waals surface area contributed by atoms with Crippen molar-refractivity contribution in [3.63, 3.8) is 0 Å². The number of aromatic nitrogens is 16. The molecule has 4 aromatic heterocycles. The summed E-state index contributed by atoms with van der Waals surface area (Å²) in [4.78, 5) is 6.63. The number of rotatable bonds is 0. The fraction of sp³-hybridized carbons (Fsp3) is 0.429. The maximum Gasteiger partial charge on any atom is 0.204 e. The van der Waals surface area contributed by atoms with Gasteiger partial charge < -0.3 is 0 Å². The average Bonchev–Trinajstić information content (AvgIpc) is 3.88. The van der Waals surface area contributed by atoms with Crippen LogP contribution in [0.3, 0.4) is 0 Å². The van der Waals surface area contributed by atoms with E-state index in [-0.39, 0.29) is 0 Å². The number of aryl methyl sites for hydroxylation is 4. The molecule has 0 unspecified atom stereocenters. The first kappa shape index (κ1) is 27.5. The van der Waals surface area contributed by atoms with E-state index >= 15 is 0 Å². The molecule has 0 saturated carbocycles. The first-order valence-electron chi connectivity index (χ1n) is 15.1. The number of nitrogens with zero attached hydrogens (tertiary/aromatic N) is 16. The highest BCUT2D eigenvalue weighted by Gasteiger charge is 2.13. The Bertz CT molecular complexity index is 1560. The molecule has 6 aromatic rings. The smallest absolute Gasteiger partial charge is 0.164 e. The molecule has 224 valence electrons. The fourth-order valence-electron chi connectivity index (χ4n) is 5.13. The normalized spacial score (nSPS) is 15.1. The van der Waals surface area contributed by atoms with E-state index in [1.54, 1.807) is 19.2 Å². The van der Waals surface area contributed by atoms with Gasteiger partial charge in [0.15, 0.2) is 0 Å². The molecule has 7 rings (SSSR count). The molecule has 1 aliphatic heterocycles. The number of benzene rings is 2. The van der Waals surface area contributed by atoms with Crippen molar-refractivity contribution in [2.75, 3.05) is 0 Å². The highest BCUT2D eigenvalue weighted by molar-refractivity contribution is 5.66. The van der Waals surface area contributed by atoms with Gasteiger partial charge in [-0.3, -0.25) is 0 Å². The maximum absolute atomic E-state index is 4.59. The Morgan fingerprint density at radius 1 is 0.364 bits per heavy atom. The lowest BCUT2D eigenvalue weighted by Gasteiger charge is -2.02. The highest BCUT2D eigenvalue weighted by Crippen LogP contribution is 2.23. The van der Waals surface area contributed by atoms with Gasteiger partial charge in [-0.05, 0) is 58.7 Å². The summed E-state index contributed by atoms with van der Waals surface area (Å²) >= 11 is 0. The van der Waals surface area contributed by atoms with E-state index in [9.17, 15) is 0 Å². The van der Waals surface area contributed by atoms with Crippen molar-refractivity contribution in [2.24, 2.45) is 0 Å². The van der Waals surface area contributed by atoms with E-state index in [2.05, 4.69) is 61.6 Å². The molecular weight excluding hydrogens is 560 g/mol. The fourth-order valence-corrected chi connectivity index (χ4v) is 5.13. The zero-order valence-corrected chi connectivity index (χ0v) is 24.3. The predicted molar refractivity (Wildman–Crippen MR) is 157 cm³/mol. The molecule has 0 fully saturated rings. The Labute approximate surface area is 252 Å².